The van der Waals surface area contributed by atoms with Crippen molar-refractivity contribution >= 4 is 31.5 Å². The molecule has 11 heteroatoms. The van der Waals surface area contributed by atoms with Crippen molar-refractivity contribution < 1.29 is 30.4 Å². The molecule has 33 heavy (non-hydrogen) atoms. The third-order valence-electron chi connectivity index (χ3n) is 7.40. The van der Waals surface area contributed by atoms with E-state index in [-0.39, 0.29) is 36.3 Å². The van der Waals surface area contributed by atoms with Crippen LogP contribution in [0.4, 0.5) is 8.78 Å². The highest BCUT2D eigenvalue weighted by atomic mass is 35.5. The number of ether oxygens (including phenoxy) is 1. The number of benzene rings is 2. The molecule has 2 fully saturated rings. The molecule has 6 nitrogen and oxygen atoms in total. The number of rotatable bonds is 2. The Kier molecular flexibility index (Phi) is 5.32. The Balaban J connectivity index is 1.76. The smallest absolute Gasteiger partial charge is 0.214 e. The van der Waals surface area contributed by atoms with Crippen molar-refractivity contribution in [2.24, 2.45) is 11.8 Å². The Bertz CT molecular complexity index is 1330. The fraction of sp³-hybridized carbons (Fsp3) is 0.455. The highest BCUT2D eigenvalue weighted by molar-refractivity contribution is 7.92. The van der Waals surface area contributed by atoms with E-state index >= 15 is 4.39 Å². The van der Waals surface area contributed by atoms with E-state index in [9.17, 15) is 21.2 Å². The van der Waals surface area contributed by atoms with Gasteiger partial charge in [0.05, 0.1) is 22.3 Å². The first-order chi connectivity index (χ1) is 15.5. The highest BCUT2D eigenvalue weighted by Gasteiger charge is 2.64. The lowest BCUT2D eigenvalue weighted by Crippen LogP contribution is -2.63. The van der Waals surface area contributed by atoms with Crippen molar-refractivity contribution in [2.45, 2.75) is 47.1 Å². The van der Waals surface area contributed by atoms with Crippen LogP contribution in [-0.4, -0.2) is 34.7 Å². The van der Waals surface area contributed by atoms with Crippen molar-refractivity contribution in [3.8, 4) is 5.75 Å². The van der Waals surface area contributed by atoms with Crippen molar-refractivity contribution in [1.29, 1.82) is 0 Å². The van der Waals surface area contributed by atoms with Crippen molar-refractivity contribution in [3.05, 3.63) is 58.6 Å². The zero-order chi connectivity index (χ0) is 23.8. The van der Waals surface area contributed by atoms with Gasteiger partial charge in [0.15, 0.2) is 21.4 Å². The number of hydrogen-bond donors (Lipinski definition) is 1. The van der Waals surface area contributed by atoms with E-state index < -0.39 is 65.1 Å². The Morgan fingerprint density at radius 1 is 1.12 bits per heavy atom. The van der Waals surface area contributed by atoms with E-state index in [2.05, 4.69) is 4.72 Å². The summed E-state index contributed by atoms with van der Waals surface area (Å²) in [5, 5.41) is -0.418. The molecule has 2 aromatic rings. The van der Waals surface area contributed by atoms with Crippen LogP contribution >= 0.6 is 11.6 Å². The van der Waals surface area contributed by atoms with E-state index in [0.29, 0.717) is 5.02 Å². The lowest BCUT2D eigenvalue weighted by atomic mass is 9.64. The largest absolute Gasteiger partial charge is 0.490 e. The summed E-state index contributed by atoms with van der Waals surface area (Å²) >= 11 is 5.95. The molecule has 2 unspecified atom stereocenters. The molecule has 1 saturated heterocycles. The topological polar surface area (TPSA) is 89.5 Å². The van der Waals surface area contributed by atoms with Crippen LogP contribution in [0.1, 0.15) is 31.7 Å². The molecular weight excluding hydrogens is 496 g/mol. The molecule has 1 aliphatic carbocycles. The van der Waals surface area contributed by atoms with Gasteiger partial charge in [-0.2, -0.15) is 0 Å². The summed E-state index contributed by atoms with van der Waals surface area (Å²) < 4.78 is 89.9. The summed E-state index contributed by atoms with van der Waals surface area (Å²) in [6.07, 6.45) is 0.269. The minimum Gasteiger partial charge on any atom is -0.490 e. The van der Waals surface area contributed by atoms with Crippen LogP contribution < -0.4 is 9.46 Å². The van der Waals surface area contributed by atoms with Crippen LogP contribution in [0.15, 0.2) is 41.3 Å². The van der Waals surface area contributed by atoms with Crippen LogP contribution in [-0.2, 0) is 24.6 Å². The van der Waals surface area contributed by atoms with Gasteiger partial charge >= 0.3 is 0 Å². The number of fused-ring (bicyclic) bond motifs is 5. The third-order valence-corrected chi connectivity index (χ3v) is 12.1. The van der Waals surface area contributed by atoms with Gasteiger partial charge in [0.25, 0.3) is 0 Å². The molecule has 2 aromatic carbocycles. The minimum absolute atomic E-state index is 0.0590. The maximum Gasteiger partial charge on any atom is 0.214 e. The molecule has 0 radical (unpaired) electrons. The number of halogens is 3. The second-order valence-corrected chi connectivity index (χ2v) is 13.8. The summed E-state index contributed by atoms with van der Waals surface area (Å²) in [6.45, 7) is 1.39. The van der Waals surface area contributed by atoms with Gasteiger partial charge in [-0.05, 0) is 68.5 Å². The number of hydrogen-bond acceptors (Lipinski definition) is 5. The zero-order valence-electron chi connectivity index (χ0n) is 17.6. The van der Waals surface area contributed by atoms with Gasteiger partial charge in [-0.3, -0.25) is 0 Å². The highest BCUT2D eigenvalue weighted by Crippen LogP contribution is 2.59. The minimum atomic E-state index is -4.27. The van der Waals surface area contributed by atoms with Gasteiger partial charge < -0.3 is 4.74 Å². The molecule has 5 rings (SSSR count). The van der Waals surface area contributed by atoms with Crippen LogP contribution in [0.2, 0.25) is 5.02 Å². The van der Waals surface area contributed by atoms with Gasteiger partial charge in [0.1, 0.15) is 10.6 Å². The van der Waals surface area contributed by atoms with Gasteiger partial charge in [-0.1, -0.05) is 11.6 Å². The predicted octanol–water partition coefficient (Wildman–Crippen LogP) is 3.79. The summed E-state index contributed by atoms with van der Waals surface area (Å²) in [7, 11) is -7.82. The Hall–Kier alpha value is -1.75. The van der Waals surface area contributed by atoms with Crippen molar-refractivity contribution in [2.75, 3.05) is 6.61 Å². The van der Waals surface area contributed by atoms with Gasteiger partial charge in [-0.25, -0.2) is 30.3 Å². The van der Waals surface area contributed by atoms with E-state index in [1.54, 1.807) is 6.92 Å². The molecule has 178 valence electrons. The second kappa shape index (κ2) is 7.63. The molecule has 2 heterocycles. The van der Waals surface area contributed by atoms with Crippen molar-refractivity contribution in [1.82, 2.24) is 4.72 Å². The van der Waals surface area contributed by atoms with Crippen LogP contribution in [0.5, 0.6) is 5.75 Å². The monoisotopic (exact) mass is 517 g/mol. The molecule has 2 aliphatic heterocycles. The first-order valence-electron chi connectivity index (χ1n) is 10.6. The first-order valence-corrected chi connectivity index (χ1v) is 14.0. The first kappa shape index (κ1) is 23.0. The quantitative estimate of drug-likeness (QED) is 0.654. The number of sulfone groups is 1. The normalized spacial score (nSPS) is 32.7. The molecule has 1 saturated carbocycles. The predicted molar refractivity (Wildman–Crippen MR) is 118 cm³/mol. The van der Waals surface area contributed by atoms with E-state index in [4.69, 9.17) is 16.3 Å². The molecule has 0 amide bonds. The Labute approximate surface area is 196 Å². The number of nitrogens with one attached hydrogen (secondary N) is 1. The Morgan fingerprint density at radius 2 is 1.79 bits per heavy atom. The molecule has 1 N–H and O–H groups in total. The van der Waals surface area contributed by atoms with E-state index in [1.165, 1.54) is 24.3 Å². The third kappa shape index (κ3) is 3.25. The van der Waals surface area contributed by atoms with E-state index in [1.807, 2.05) is 0 Å². The van der Waals surface area contributed by atoms with Crippen LogP contribution in [0.3, 0.4) is 0 Å². The maximum absolute atomic E-state index is 15.4. The fourth-order valence-corrected chi connectivity index (χ4v) is 9.76. The summed E-state index contributed by atoms with van der Waals surface area (Å²) in [4.78, 5) is -0.0590. The molecule has 0 spiro atoms. The summed E-state index contributed by atoms with van der Waals surface area (Å²) in [6, 6.07) is 6.90. The summed E-state index contributed by atoms with van der Waals surface area (Å²) in [5.41, 5.74) is -0.312. The molecule has 0 bridgehead atoms. The average Bonchev–Trinajstić information content (AvgIpc) is 2.76. The maximum atomic E-state index is 15.4. The van der Waals surface area contributed by atoms with Crippen molar-refractivity contribution in [3.63, 3.8) is 0 Å². The van der Waals surface area contributed by atoms with E-state index in [0.717, 1.165) is 12.1 Å². The molecule has 5 atom stereocenters. The molecular formula is C22H22ClF2NO5S2. The summed E-state index contributed by atoms with van der Waals surface area (Å²) in [5.74, 6) is -3.32. The molecule has 0 aromatic heterocycles. The lowest BCUT2D eigenvalue weighted by Gasteiger charge is -2.54. The molecule has 3 aliphatic rings. The zero-order valence-corrected chi connectivity index (χ0v) is 20.0. The van der Waals surface area contributed by atoms with Gasteiger partial charge in [0, 0.05) is 17.0 Å². The fourth-order valence-electron chi connectivity index (χ4n) is 5.81. The SMILES string of the molecule is C[C@H]1C[C@H]2C3COc4c(F)ccc(F)c4C3(S(=O)(=O)c3ccc(Cl)cc3)CC[C@H]2NS1(=O)=O. The lowest BCUT2D eigenvalue weighted by molar-refractivity contribution is 0.0500. The van der Waals surface area contributed by atoms with Crippen LogP contribution in [0.25, 0.3) is 0 Å². The standard InChI is InChI=1S/C22H22ClF2NO5S2/c1-12-10-15-16-11-31-21-18(25)7-6-17(24)20(21)22(16,9-8-19(15)26-33(12,29)30)32(27,28)14-4-2-13(23)3-5-14/h2-7,12,15-16,19,26H,8-11H2,1H3/t12-,15-,16?,19+,22?/m0/s1. The Morgan fingerprint density at radius 3 is 2.48 bits per heavy atom. The van der Waals surface area contributed by atoms with Gasteiger partial charge in [-0.15, -0.1) is 0 Å². The average molecular weight is 518 g/mol. The second-order valence-electron chi connectivity index (χ2n) is 9.02. The number of sulfonamides is 1. The van der Waals surface area contributed by atoms with Gasteiger partial charge in [0.2, 0.25) is 10.0 Å². The van der Waals surface area contributed by atoms with Crippen LogP contribution in [0, 0.1) is 23.5 Å².